The molecule has 80 valence electrons. The molecule has 0 aliphatic heterocycles. The summed E-state index contributed by atoms with van der Waals surface area (Å²) in [5.74, 6) is -0.400. The summed E-state index contributed by atoms with van der Waals surface area (Å²) in [5, 5.41) is 0. The van der Waals surface area contributed by atoms with Crippen molar-refractivity contribution in [2.75, 3.05) is 0 Å². The molecule has 0 amide bonds. The Kier molecular flexibility index (Phi) is 3.01. The first-order valence-electron chi connectivity index (χ1n) is 4.62. The van der Waals surface area contributed by atoms with Crippen molar-refractivity contribution < 1.29 is 9.18 Å². The van der Waals surface area contributed by atoms with Crippen LogP contribution in [0.5, 0.6) is 0 Å². The maximum Gasteiger partial charge on any atom is 0.168 e. The van der Waals surface area contributed by atoms with E-state index in [0.717, 1.165) is 0 Å². The summed E-state index contributed by atoms with van der Waals surface area (Å²) >= 11 is 4.17. The predicted molar refractivity (Wildman–Crippen MR) is 62.3 cm³/mol. The van der Waals surface area contributed by atoms with Crippen LogP contribution in [0.4, 0.5) is 4.39 Å². The van der Waals surface area contributed by atoms with E-state index in [1.807, 2.05) is 0 Å². The van der Waals surface area contributed by atoms with Gasteiger partial charge < -0.3 is 0 Å². The SMILES string of the molecule is O=Cc1cccc(-c2c(F)cccc2S)n1. The molecular formula is C12H8FNOS. The van der Waals surface area contributed by atoms with Crippen LogP contribution >= 0.6 is 12.6 Å². The third kappa shape index (κ3) is 1.97. The van der Waals surface area contributed by atoms with Crippen molar-refractivity contribution in [2.45, 2.75) is 4.90 Å². The molecule has 16 heavy (non-hydrogen) atoms. The number of hydrogen-bond donors (Lipinski definition) is 1. The van der Waals surface area contributed by atoms with Gasteiger partial charge in [0, 0.05) is 10.5 Å². The summed E-state index contributed by atoms with van der Waals surface area (Å²) in [6, 6.07) is 9.46. The first-order chi connectivity index (χ1) is 7.72. The van der Waals surface area contributed by atoms with Gasteiger partial charge in [-0.05, 0) is 24.3 Å². The number of carbonyl (C=O) groups is 1. The Bertz CT molecular complexity index is 522. The van der Waals surface area contributed by atoms with Crippen molar-refractivity contribution in [3.05, 3.63) is 47.9 Å². The molecule has 2 rings (SSSR count). The minimum absolute atomic E-state index is 0.272. The second-order valence-corrected chi connectivity index (χ2v) is 3.68. The van der Waals surface area contributed by atoms with Crippen LogP contribution < -0.4 is 0 Å². The fourth-order valence-corrected chi connectivity index (χ4v) is 1.73. The molecule has 1 aromatic carbocycles. The average molecular weight is 233 g/mol. The highest BCUT2D eigenvalue weighted by atomic mass is 32.1. The Balaban J connectivity index is 2.62. The van der Waals surface area contributed by atoms with Crippen LogP contribution in [-0.4, -0.2) is 11.3 Å². The largest absolute Gasteiger partial charge is 0.296 e. The lowest BCUT2D eigenvalue weighted by Gasteiger charge is -2.05. The number of carbonyl (C=O) groups excluding carboxylic acids is 1. The summed E-state index contributed by atoms with van der Waals surface area (Å²) in [6.45, 7) is 0. The molecule has 2 nitrogen and oxygen atoms in total. The van der Waals surface area contributed by atoms with Gasteiger partial charge in [-0.2, -0.15) is 0 Å². The molecule has 4 heteroatoms. The van der Waals surface area contributed by atoms with Crippen LogP contribution in [0, 0.1) is 5.82 Å². The molecule has 1 heterocycles. The van der Waals surface area contributed by atoms with Gasteiger partial charge in [0.15, 0.2) is 6.29 Å². The van der Waals surface area contributed by atoms with Gasteiger partial charge in [0.05, 0.1) is 5.69 Å². The van der Waals surface area contributed by atoms with E-state index in [-0.39, 0.29) is 5.69 Å². The Morgan fingerprint density at radius 3 is 2.62 bits per heavy atom. The van der Waals surface area contributed by atoms with E-state index in [1.54, 1.807) is 30.3 Å². The highest BCUT2D eigenvalue weighted by molar-refractivity contribution is 7.80. The van der Waals surface area contributed by atoms with E-state index < -0.39 is 5.82 Å². The lowest BCUT2D eigenvalue weighted by atomic mass is 10.1. The molecule has 0 unspecified atom stereocenters. The van der Waals surface area contributed by atoms with Gasteiger partial charge in [0.25, 0.3) is 0 Å². The van der Waals surface area contributed by atoms with Crippen molar-refractivity contribution in [1.29, 1.82) is 0 Å². The van der Waals surface area contributed by atoms with Crippen LogP contribution in [0.1, 0.15) is 10.5 Å². The van der Waals surface area contributed by atoms with E-state index in [1.165, 1.54) is 6.07 Å². The quantitative estimate of drug-likeness (QED) is 0.638. The third-order valence-corrected chi connectivity index (χ3v) is 2.51. The highest BCUT2D eigenvalue weighted by Gasteiger charge is 2.10. The van der Waals surface area contributed by atoms with Gasteiger partial charge in [0.2, 0.25) is 0 Å². The lowest BCUT2D eigenvalue weighted by molar-refractivity contribution is 0.111. The minimum Gasteiger partial charge on any atom is -0.296 e. The normalized spacial score (nSPS) is 10.1. The van der Waals surface area contributed by atoms with E-state index in [9.17, 15) is 9.18 Å². The molecule has 0 aliphatic carbocycles. The summed E-state index contributed by atoms with van der Waals surface area (Å²) < 4.78 is 13.6. The number of thiol groups is 1. The lowest BCUT2D eigenvalue weighted by Crippen LogP contribution is -1.93. The molecule has 0 saturated carbocycles. The number of pyridine rings is 1. The summed E-state index contributed by atoms with van der Waals surface area (Å²) in [5.41, 5.74) is 0.996. The summed E-state index contributed by atoms with van der Waals surface area (Å²) in [6.07, 6.45) is 0.628. The van der Waals surface area contributed by atoms with Crippen molar-refractivity contribution >= 4 is 18.9 Å². The number of nitrogens with zero attached hydrogens (tertiary/aromatic N) is 1. The Hall–Kier alpha value is -1.68. The molecule has 0 N–H and O–H groups in total. The second kappa shape index (κ2) is 4.45. The number of benzene rings is 1. The minimum atomic E-state index is -0.400. The zero-order chi connectivity index (χ0) is 11.5. The molecule has 0 radical (unpaired) electrons. The van der Waals surface area contributed by atoms with E-state index in [4.69, 9.17) is 0 Å². The molecule has 2 aromatic rings. The molecule has 0 fully saturated rings. The van der Waals surface area contributed by atoms with Gasteiger partial charge in [-0.1, -0.05) is 12.1 Å². The van der Waals surface area contributed by atoms with Gasteiger partial charge in [-0.15, -0.1) is 12.6 Å². The summed E-state index contributed by atoms with van der Waals surface area (Å²) in [4.78, 5) is 15.1. The molecule has 0 saturated heterocycles. The maximum absolute atomic E-state index is 13.6. The third-order valence-electron chi connectivity index (χ3n) is 2.14. The standard InChI is InChI=1S/C12H8FNOS/c13-9-4-2-6-11(16)12(9)10-5-1-3-8(7-15)14-10/h1-7,16H. The van der Waals surface area contributed by atoms with Gasteiger partial charge in [-0.3, -0.25) is 4.79 Å². The van der Waals surface area contributed by atoms with Crippen LogP contribution in [0.25, 0.3) is 11.3 Å². The predicted octanol–water partition coefficient (Wildman–Crippen LogP) is 2.99. The van der Waals surface area contributed by atoms with Crippen molar-refractivity contribution in [2.24, 2.45) is 0 Å². The second-order valence-electron chi connectivity index (χ2n) is 3.20. The first kappa shape index (κ1) is 10.8. The fourth-order valence-electron chi connectivity index (χ4n) is 1.42. The molecular weight excluding hydrogens is 225 g/mol. The van der Waals surface area contributed by atoms with Crippen LogP contribution in [0.3, 0.4) is 0 Å². The number of aromatic nitrogens is 1. The fraction of sp³-hybridized carbons (Fsp3) is 0. The van der Waals surface area contributed by atoms with Gasteiger partial charge in [-0.25, -0.2) is 9.37 Å². The van der Waals surface area contributed by atoms with Crippen LogP contribution in [0.2, 0.25) is 0 Å². The number of rotatable bonds is 2. The van der Waals surface area contributed by atoms with Crippen molar-refractivity contribution in [3.63, 3.8) is 0 Å². The Morgan fingerprint density at radius 1 is 1.19 bits per heavy atom. The molecule has 0 atom stereocenters. The maximum atomic E-state index is 13.6. The van der Waals surface area contributed by atoms with E-state index >= 15 is 0 Å². The van der Waals surface area contributed by atoms with E-state index in [2.05, 4.69) is 17.6 Å². The van der Waals surface area contributed by atoms with Gasteiger partial charge >= 0.3 is 0 Å². The van der Waals surface area contributed by atoms with Crippen molar-refractivity contribution in [1.82, 2.24) is 4.98 Å². The van der Waals surface area contributed by atoms with Gasteiger partial charge in [0.1, 0.15) is 11.5 Å². The topological polar surface area (TPSA) is 30.0 Å². The monoisotopic (exact) mass is 233 g/mol. The average Bonchev–Trinajstić information content (AvgIpc) is 2.29. The Labute approximate surface area is 97.6 Å². The number of hydrogen-bond acceptors (Lipinski definition) is 3. The molecule has 1 aromatic heterocycles. The van der Waals surface area contributed by atoms with E-state index in [0.29, 0.717) is 22.4 Å². The zero-order valence-corrected chi connectivity index (χ0v) is 9.12. The van der Waals surface area contributed by atoms with Crippen molar-refractivity contribution in [3.8, 4) is 11.3 Å². The van der Waals surface area contributed by atoms with Crippen LogP contribution in [0.15, 0.2) is 41.3 Å². The first-order valence-corrected chi connectivity index (χ1v) is 5.07. The summed E-state index contributed by atoms with van der Waals surface area (Å²) in [7, 11) is 0. The Morgan fingerprint density at radius 2 is 1.94 bits per heavy atom. The zero-order valence-electron chi connectivity index (χ0n) is 8.22. The number of halogens is 1. The highest BCUT2D eigenvalue weighted by Crippen LogP contribution is 2.27. The smallest absolute Gasteiger partial charge is 0.168 e. The molecule has 0 aliphatic rings. The number of aldehydes is 1. The molecule has 0 bridgehead atoms. The molecule has 0 spiro atoms. The van der Waals surface area contributed by atoms with Crippen LogP contribution in [-0.2, 0) is 0 Å².